The lowest BCUT2D eigenvalue weighted by atomic mass is 10.0. The molecule has 2 atom stereocenters. The molecule has 2 unspecified atom stereocenters. The number of pyridine rings is 1. The molecule has 1 saturated heterocycles. The minimum absolute atomic E-state index is 0.456. The quantitative estimate of drug-likeness (QED) is 0.926. The molecule has 0 radical (unpaired) electrons. The first-order valence-electron chi connectivity index (χ1n) is 8.46. The predicted octanol–water partition coefficient (Wildman–Crippen LogP) is 1.89. The normalized spacial score (nSPS) is 22.5. The van der Waals surface area contributed by atoms with Crippen molar-refractivity contribution >= 4 is 5.82 Å². The number of piperazine rings is 1. The molecule has 0 amide bonds. The number of hydrogen-bond acceptors (Lipinski definition) is 6. The topological polar surface area (TPSA) is 57.2 Å². The standard InChI is InChI=1S/C18H26N6/c1-13-17(24(4)10-9-23(13)3)12-20-18-11-16(21-14(2)22-18)15-7-5-6-8-19-15/h5-8,11,13,17H,9-10,12H2,1-4H3,(H,20,21,22). The fraction of sp³-hybridized carbons (Fsp3) is 0.500. The number of likely N-dealkylation sites (N-methyl/N-ethyl adjacent to an activating group) is 2. The Morgan fingerprint density at radius 3 is 2.67 bits per heavy atom. The van der Waals surface area contributed by atoms with E-state index < -0.39 is 0 Å². The lowest BCUT2D eigenvalue weighted by molar-refractivity contribution is 0.0689. The number of aromatic nitrogens is 3. The van der Waals surface area contributed by atoms with Gasteiger partial charge >= 0.3 is 0 Å². The lowest BCUT2D eigenvalue weighted by Gasteiger charge is -2.43. The summed E-state index contributed by atoms with van der Waals surface area (Å²) in [5.74, 6) is 1.61. The van der Waals surface area contributed by atoms with E-state index in [1.54, 1.807) is 6.20 Å². The van der Waals surface area contributed by atoms with Crippen LogP contribution in [0.15, 0.2) is 30.5 Å². The van der Waals surface area contributed by atoms with E-state index in [-0.39, 0.29) is 0 Å². The van der Waals surface area contributed by atoms with Gasteiger partial charge in [0.2, 0.25) is 0 Å². The summed E-state index contributed by atoms with van der Waals surface area (Å²) in [5.41, 5.74) is 1.72. The van der Waals surface area contributed by atoms with Crippen LogP contribution in [0.4, 0.5) is 5.82 Å². The summed E-state index contributed by atoms with van der Waals surface area (Å²) in [6, 6.07) is 8.80. The van der Waals surface area contributed by atoms with Gasteiger partial charge in [-0.3, -0.25) is 9.88 Å². The highest BCUT2D eigenvalue weighted by atomic mass is 15.3. The zero-order chi connectivity index (χ0) is 17.1. The van der Waals surface area contributed by atoms with Crippen LogP contribution in [-0.2, 0) is 0 Å². The van der Waals surface area contributed by atoms with Crippen molar-refractivity contribution in [2.45, 2.75) is 25.9 Å². The van der Waals surface area contributed by atoms with Crippen molar-refractivity contribution in [2.24, 2.45) is 0 Å². The summed E-state index contributed by atoms with van der Waals surface area (Å²) in [6.45, 7) is 7.27. The Labute approximate surface area is 143 Å². The van der Waals surface area contributed by atoms with E-state index >= 15 is 0 Å². The highest BCUT2D eigenvalue weighted by molar-refractivity contribution is 5.58. The van der Waals surface area contributed by atoms with Crippen LogP contribution in [0.25, 0.3) is 11.4 Å². The molecule has 2 aromatic rings. The fourth-order valence-corrected chi connectivity index (χ4v) is 3.19. The van der Waals surface area contributed by atoms with Gasteiger partial charge < -0.3 is 10.2 Å². The first-order valence-corrected chi connectivity index (χ1v) is 8.46. The van der Waals surface area contributed by atoms with E-state index in [1.807, 2.05) is 31.2 Å². The van der Waals surface area contributed by atoms with Gasteiger partial charge in [-0.15, -0.1) is 0 Å². The summed E-state index contributed by atoms with van der Waals surface area (Å²) in [4.78, 5) is 18.3. The van der Waals surface area contributed by atoms with Gasteiger partial charge in [0.25, 0.3) is 0 Å². The highest BCUT2D eigenvalue weighted by Crippen LogP contribution is 2.19. The molecule has 6 nitrogen and oxygen atoms in total. The van der Waals surface area contributed by atoms with E-state index in [9.17, 15) is 0 Å². The molecule has 0 aliphatic carbocycles. The van der Waals surface area contributed by atoms with Crippen LogP contribution in [-0.4, -0.2) is 70.6 Å². The van der Waals surface area contributed by atoms with Gasteiger partial charge in [-0.05, 0) is 40.1 Å². The van der Waals surface area contributed by atoms with Crippen LogP contribution in [0.5, 0.6) is 0 Å². The van der Waals surface area contributed by atoms with Crippen LogP contribution in [0.3, 0.4) is 0 Å². The van der Waals surface area contributed by atoms with Crippen LogP contribution < -0.4 is 5.32 Å². The van der Waals surface area contributed by atoms with Crippen LogP contribution in [0.1, 0.15) is 12.7 Å². The molecule has 1 fully saturated rings. The Hall–Kier alpha value is -2.05. The third kappa shape index (κ3) is 3.71. The fourth-order valence-electron chi connectivity index (χ4n) is 3.19. The van der Waals surface area contributed by atoms with E-state index in [0.29, 0.717) is 12.1 Å². The zero-order valence-corrected chi connectivity index (χ0v) is 14.9. The molecule has 0 bridgehead atoms. The number of rotatable bonds is 4. The summed E-state index contributed by atoms with van der Waals surface area (Å²) >= 11 is 0. The molecule has 2 aromatic heterocycles. The molecule has 1 N–H and O–H groups in total. The van der Waals surface area contributed by atoms with Gasteiger partial charge in [-0.1, -0.05) is 6.07 Å². The Morgan fingerprint density at radius 1 is 1.12 bits per heavy atom. The van der Waals surface area contributed by atoms with E-state index in [4.69, 9.17) is 0 Å². The summed E-state index contributed by atoms with van der Waals surface area (Å²) in [6.07, 6.45) is 1.79. The highest BCUT2D eigenvalue weighted by Gasteiger charge is 2.29. The Morgan fingerprint density at radius 2 is 1.92 bits per heavy atom. The average molecular weight is 326 g/mol. The zero-order valence-electron chi connectivity index (χ0n) is 14.9. The number of nitrogens with zero attached hydrogens (tertiary/aromatic N) is 5. The van der Waals surface area contributed by atoms with E-state index in [0.717, 1.165) is 42.7 Å². The first kappa shape index (κ1) is 16.8. The number of aryl methyl sites for hydroxylation is 1. The van der Waals surface area contributed by atoms with E-state index in [2.05, 4.69) is 51.1 Å². The van der Waals surface area contributed by atoms with Crippen molar-refractivity contribution in [1.29, 1.82) is 0 Å². The molecule has 0 aromatic carbocycles. The van der Waals surface area contributed by atoms with Crippen molar-refractivity contribution < 1.29 is 0 Å². The van der Waals surface area contributed by atoms with Crippen molar-refractivity contribution in [3.63, 3.8) is 0 Å². The molecule has 3 heterocycles. The maximum atomic E-state index is 4.53. The second kappa shape index (κ2) is 7.23. The molecular weight excluding hydrogens is 300 g/mol. The molecule has 1 aliphatic rings. The monoisotopic (exact) mass is 326 g/mol. The number of anilines is 1. The molecule has 1 aliphatic heterocycles. The summed E-state index contributed by atoms with van der Waals surface area (Å²) < 4.78 is 0. The number of nitrogens with one attached hydrogen (secondary N) is 1. The molecule has 6 heteroatoms. The smallest absolute Gasteiger partial charge is 0.130 e. The molecule has 0 spiro atoms. The molecule has 0 saturated carbocycles. The maximum absolute atomic E-state index is 4.53. The third-order valence-corrected chi connectivity index (χ3v) is 4.88. The molecular formula is C18H26N6. The summed E-state index contributed by atoms with van der Waals surface area (Å²) in [5, 5.41) is 3.50. The van der Waals surface area contributed by atoms with Gasteiger partial charge in [0, 0.05) is 44.0 Å². The Kier molecular flexibility index (Phi) is 5.06. The largest absolute Gasteiger partial charge is 0.368 e. The average Bonchev–Trinajstić information content (AvgIpc) is 2.59. The SMILES string of the molecule is Cc1nc(NCC2C(C)N(C)CCN2C)cc(-c2ccccn2)n1. The van der Waals surface area contributed by atoms with Gasteiger partial charge in [0.15, 0.2) is 0 Å². The van der Waals surface area contributed by atoms with Crippen molar-refractivity contribution in [3.05, 3.63) is 36.3 Å². The minimum atomic E-state index is 0.456. The van der Waals surface area contributed by atoms with Gasteiger partial charge in [0.1, 0.15) is 11.6 Å². The van der Waals surface area contributed by atoms with Crippen molar-refractivity contribution in [3.8, 4) is 11.4 Å². The van der Waals surface area contributed by atoms with Crippen LogP contribution in [0, 0.1) is 6.92 Å². The maximum Gasteiger partial charge on any atom is 0.130 e. The second-order valence-corrected chi connectivity index (χ2v) is 6.55. The van der Waals surface area contributed by atoms with Crippen LogP contribution >= 0.6 is 0 Å². The van der Waals surface area contributed by atoms with Gasteiger partial charge in [-0.2, -0.15) is 0 Å². The van der Waals surface area contributed by atoms with Crippen LogP contribution in [0.2, 0.25) is 0 Å². The molecule has 3 rings (SSSR count). The van der Waals surface area contributed by atoms with Gasteiger partial charge in [0.05, 0.1) is 11.4 Å². The van der Waals surface area contributed by atoms with E-state index in [1.165, 1.54) is 0 Å². The Balaban J connectivity index is 1.75. The minimum Gasteiger partial charge on any atom is -0.368 e. The predicted molar refractivity (Wildman–Crippen MR) is 97.0 cm³/mol. The second-order valence-electron chi connectivity index (χ2n) is 6.55. The van der Waals surface area contributed by atoms with Crippen molar-refractivity contribution in [1.82, 2.24) is 24.8 Å². The third-order valence-electron chi connectivity index (χ3n) is 4.88. The molecule has 24 heavy (non-hydrogen) atoms. The molecule has 128 valence electrons. The summed E-state index contributed by atoms with van der Waals surface area (Å²) in [7, 11) is 4.39. The lowest BCUT2D eigenvalue weighted by Crippen LogP contribution is -2.58. The van der Waals surface area contributed by atoms with Gasteiger partial charge in [-0.25, -0.2) is 9.97 Å². The number of hydrogen-bond donors (Lipinski definition) is 1. The Bertz CT molecular complexity index is 674. The first-order chi connectivity index (χ1) is 11.5. The van der Waals surface area contributed by atoms with Crippen molar-refractivity contribution in [2.75, 3.05) is 39.0 Å².